The highest BCUT2D eigenvalue weighted by Gasteiger charge is 2.54. The van der Waals surface area contributed by atoms with Crippen molar-refractivity contribution in [1.29, 1.82) is 0 Å². The number of nitrogens with two attached hydrogens (primary N) is 1. The van der Waals surface area contributed by atoms with Crippen molar-refractivity contribution in [2.75, 3.05) is 18.6 Å². The van der Waals surface area contributed by atoms with Gasteiger partial charge in [0.2, 0.25) is 0 Å². The van der Waals surface area contributed by atoms with Gasteiger partial charge in [-0.25, -0.2) is 14.3 Å². The highest BCUT2D eigenvalue weighted by Crippen LogP contribution is 2.40. The Morgan fingerprint density at radius 2 is 2.24 bits per heavy atom. The number of nitrogens with one attached hydrogen (secondary N) is 1. The Hall–Kier alpha value is -4.51. The van der Waals surface area contributed by atoms with Crippen LogP contribution in [0.3, 0.4) is 0 Å². The van der Waals surface area contributed by atoms with Gasteiger partial charge in [-0.05, 0) is 0 Å². The first-order valence-electron chi connectivity index (χ1n) is 10.9. The Balaban J connectivity index is 1.37. The van der Waals surface area contributed by atoms with Gasteiger partial charge in [0.1, 0.15) is 48.9 Å². The predicted molar refractivity (Wildman–Crippen MR) is 134 cm³/mol. The van der Waals surface area contributed by atoms with Crippen molar-refractivity contribution < 1.29 is 33.8 Å². The number of pyridine rings is 1. The number of carboxylic acids is 1. The fourth-order valence-electron chi connectivity index (χ4n) is 4.24. The van der Waals surface area contributed by atoms with E-state index in [-0.39, 0.29) is 40.2 Å². The monoisotopic (exact) mass is 559 g/mol. The van der Waals surface area contributed by atoms with Crippen molar-refractivity contribution in [2.24, 2.45) is 5.16 Å². The van der Waals surface area contributed by atoms with Gasteiger partial charge in [-0.15, -0.1) is 23.1 Å². The first-order valence-corrected chi connectivity index (χ1v) is 12.8. The number of carbonyl (C=O) groups excluding carboxylic acids is 2. The molecular weight excluding hydrogens is 540 g/mol. The molecule has 0 aliphatic carbocycles. The minimum absolute atomic E-state index is 0.0852. The second kappa shape index (κ2) is 9.75. The van der Waals surface area contributed by atoms with E-state index in [1.165, 1.54) is 36.5 Å². The Labute approximate surface area is 221 Å². The van der Waals surface area contributed by atoms with Crippen LogP contribution in [0.15, 0.2) is 52.5 Å². The first-order chi connectivity index (χ1) is 18.2. The lowest BCUT2D eigenvalue weighted by molar-refractivity contribution is -0.662. The third-order valence-electron chi connectivity index (χ3n) is 5.91. The highest BCUT2D eigenvalue weighted by atomic mass is 32.2. The van der Waals surface area contributed by atoms with E-state index in [1.807, 2.05) is 0 Å². The summed E-state index contributed by atoms with van der Waals surface area (Å²) in [6.45, 7) is 0.145. The van der Waals surface area contributed by atoms with Gasteiger partial charge in [0, 0.05) is 28.8 Å². The molecule has 4 N–H and O–H groups in total. The maximum atomic E-state index is 13.1. The average Bonchev–Trinajstić information content (AvgIpc) is 3.50. The summed E-state index contributed by atoms with van der Waals surface area (Å²) >= 11 is 2.42. The molecule has 38 heavy (non-hydrogen) atoms. The molecule has 2 aliphatic rings. The number of thioether (sulfide) groups is 1. The molecule has 0 unspecified atom stereocenters. The zero-order valence-corrected chi connectivity index (χ0v) is 21.1. The van der Waals surface area contributed by atoms with Crippen LogP contribution in [0.4, 0.5) is 10.8 Å². The molecule has 0 spiro atoms. The number of rotatable bonds is 8. The van der Waals surface area contributed by atoms with Crippen molar-refractivity contribution in [3.63, 3.8) is 0 Å². The van der Waals surface area contributed by atoms with Gasteiger partial charge < -0.3 is 21.0 Å². The molecule has 3 aromatic heterocycles. The number of hydrogen-bond donors (Lipinski definition) is 3. The summed E-state index contributed by atoms with van der Waals surface area (Å²) in [4.78, 5) is 58.6. The average molecular weight is 560 g/mol. The second-order valence-electron chi connectivity index (χ2n) is 8.15. The molecule has 2 amide bonds. The van der Waals surface area contributed by atoms with Crippen molar-refractivity contribution >= 4 is 63.1 Å². The van der Waals surface area contributed by atoms with Crippen LogP contribution in [0.25, 0.3) is 5.65 Å². The Morgan fingerprint density at radius 1 is 1.45 bits per heavy atom. The van der Waals surface area contributed by atoms with Gasteiger partial charge in [0.25, 0.3) is 17.5 Å². The molecule has 0 aromatic carbocycles. The molecule has 196 valence electrons. The number of nitrogen functional groups attached to an aromatic ring is 1. The second-order valence-corrected chi connectivity index (χ2v) is 10.1. The molecule has 15 nitrogen and oxygen atoms in total. The van der Waals surface area contributed by atoms with E-state index in [1.54, 1.807) is 27.4 Å². The minimum atomic E-state index is -1.28. The molecule has 2 atom stereocenters. The van der Waals surface area contributed by atoms with Crippen molar-refractivity contribution in [1.82, 2.24) is 19.6 Å². The van der Waals surface area contributed by atoms with Crippen LogP contribution in [0, 0.1) is 10.1 Å². The molecule has 2 aliphatic heterocycles. The van der Waals surface area contributed by atoms with Gasteiger partial charge in [-0.2, -0.15) is 4.40 Å². The first kappa shape index (κ1) is 25.2. The minimum Gasteiger partial charge on any atom is -0.477 e. The standard InChI is InChI=1S/C21H18N8O7S2/c1-36-25-14(12-9-38-21(22)23-12)17(30)24-15-18(31)28-16(20(32)33)10(8-37-19(15)28)6-26-4-5-27-7-11(29(34)35)2-3-13(26)27/h2-5,7,9,15,19H,6,8H2,1H3,(H3-,22,23,24,30,32,33)/p+1/t15-,19+/m1/s1. The number of oxime groups is 1. The fraction of sp³-hybridized carbons (Fsp3) is 0.238. The number of amides is 2. The lowest BCUT2D eigenvalue weighted by atomic mass is 10.0. The normalized spacial score (nSPS) is 19.2. The number of β-lactam (4-membered cyclic amide) rings is 1. The number of carbonyl (C=O) groups is 3. The third-order valence-corrected chi connectivity index (χ3v) is 7.92. The zero-order valence-electron chi connectivity index (χ0n) is 19.5. The van der Waals surface area contributed by atoms with E-state index < -0.39 is 34.1 Å². The number of anilines is 1. The third kappa shape index (κ3) is 4.30. The summed E-state index contributed by atoms with van der Waals surface area (Å²) in [5, 5.41) is 28.4. The number of imidazole rings is 1. The van der Waals surface area contributed by atoms with E-state index in [0.717, 1.165) is 16.2 Å². The number of hydrogen-bond acceptors (Lipinski definition) is 11. The largest absolute Gasteiger partial charge is 0.477 e. The Bertz CT molecular complexity index is 1560. The summed E-state index contributed by atoms with van der Waals surface area (Å²) in [5.74, 6) is -2.29. The molecule has 17 heteroatoms. The van der Waals surface area contributed by atoms with Gasteiger partial charge in [-0.3, -0.25) is 24.6 Å². The van der Waals surface area contributed by atoms with E-state index in [2.05, 4.69) is 15.5 Å². The maximum absolute atomic E-state index is 13.1. The van der Waals surface area contributed by atoms with Crippen LogP contribution in [-0.4, -0.2) is 72.1 Å². The molecule has 3 aromatic rings. The van der Waals surface area contributed by atoms with E-state index in [9.17, 15) is 29.6 Å². The number of carboxylic acid groups (broad SMARTS) is 1. The number of aliphatic carboxylic acids is 1. The summed E-state index contributed by atoms with van der Waals surface area (Å²) in [7, 11) is 1.26. The lowest BCUT2D eigenvalue weighted by Crippen LogP contribution is -2.71. The van der Waals surface area contributed by atoms with E-state index >= 15 is 0 Å². The Kier molecular flexibility index (Phi) is 6.45. The SMILES string of the molecule is CON=C(C(=O)N[C@@H]1C(=O)N2C(C(=O)O)=C(C[n+]3ccn4cc([N+](=O)[O-])ccc43)CS[C@@H]12)c1csc(N)n1. The number of aromatic nitrogens is 3. The van der Waals surface area contributed by atoms with Crippen LogP contribution in [0.2, 0.25) is 0 Å². The quantitative estimate of drug-likeness (QED) is 0.111. The van der Waals surface area contributed by atoms with Crippen LogP contribution < -0.4 is 15.6 Å². The molecule has 5 heterocycles. The van der Waals surface area contributed by atoms with Crippen molar-refractivity contribution in [2.45, 2.75) is 18.0 Å². The summed E-state index contributed by atoms with van der Waals surface area (Å²) in [6.07, 6.45) is 4.65. The van der Waals surface area contributed by atoms with Gasteiger partial charge in [0.05, 0.1) is 4.92 Å². The molecule has 5 rings (SSSR count). The smallest absolute Gasteiger partial charge is 0.352 e. The molecule has 1 fully saturated rings. The molecule has 1 saturated heterocycles. The molecule has 0 bridgehead atoms. The van der Waals surface area contributed by atoms with Crippen LogP contribution in [-0.2, 0) is 25.8 Å². The fourth-order valence-corrected chi connectivity index (χ4v) is 6.13. The summed E-state index contributed by atoms with van der Waals surface area (Å²) < 4.78 is 3.30. The lowest BCUT2D eigenvalue weighted by Gasteiger charge is -2.49. The molecular formula is C21H19N8O7S2+. The maximum Gasteiger partial charge on any atom is 0.352 e. The van der Waals surface area contributed by atoms with Gasteiger partial charge >= 0.3 is 11.7 Å². The molecule has 0 saturated carbocycles. The van der Waals surface area contributed by atoms with Crippen molar-refractivity contribution in [3.8, 4) is 0 Å². The van der Waals surface area contributed by atoms with E-state index in [0.29, 0.717) is 11.2 Å². The van der Waals surface area contributed by atoms with Crippen LogP contribution >= 0.6 is 23.1 Å². The number of nitro groups is 1. The number of fused-ring (bicyclic) bond motifs is 2. The zero-order chi connectivity index (χ0) is 27.1. The summed E-state index contributed by atoms with van der Waals surface area (Å²) in [6, 6.07) is 1.94. The van der Waals surface area contributed by atoms with E-state index in [4.69, 9.17) is 10.6 Å². The van der Waals surface area contributed by atoms with Gasteiger partial charge in [-0.1, -0.05) is 5.16 Å². The van der Waals surface area contributed by atoms with Crippen LogP contribution in [0.1, 0.15) is 5.69 Å². The number of thiazole rings is 1. The van der Waals surface area contributed by atoms with Gasteiger partial charge in [0.15, 0.2) is 17.0 Å². The van der Waals surface area contributed by atoms with Crippen LogP contribution in [0.5, 0.6) is 0 Å². The summed E-state index contributed by atoms with van der Waals surface area (Å²) in [5.41, 5.74) is 6.50. The highest BCUT2D eigenvalue weighted by molar-refractivity contribution is 8.00. The Morgan fingerprint density at radius 3 is 2.89 bits per heavy atom. The molecule has 0 radical (unpaired) electrons. The topological polar surface area (TPSA) is 199 Å². The predicted octanol–water partition coefficient (Wildman–Crippen LogP) is -0.0370. The van der Waals surface area contributed by atoms with Crippen molar-refractivity contribution in [3.05, 3.63) is 63.2 Å². The number of nitrogens with zero attached hydrogens (tertiary/aromatic N) is 6.